The van der Waals surface area contributed by atoms with E-state index >= 15 is 0 Å². The normalized spacial score (nSPS) is 14.8. The Labute approximate surface area is 123 Å². The molecular weight excluding hydrogens is 262 g/mol. The van der Waals surface area contributed by atoms with Crippen molar-refractivity contribution >= 4 is 37.2 Å². The molecule has 2 heteroatoms. The molecule has 0 saturated heterocycles. The molecule has 2 aromatic carbocycles. The van der Waals surface area contributed by atoms with E-state index in [1.165, 1.54) is 37.1 Å². The van der Waals surface area contributed by atoms with Crippen LogP contribution in [-0.4, -0.2) is 6.04 Å². The number of hydrogen-bond acceptors (Lipinski definition) is 2. The summed E-state index contributed by atoms with van der Waals surface area (Å²) < 4.78 is 2.79. The van der Waals surface area contributed by atoms with Crippen LogP contribution in [0.4, 0.5) is 5.69 Å². The molecule has 1 aromatic heterocycles. The summed E-state index contributed by atoms with van der Waals surface area (Å²) in [5, 5.41) is 2.75. The van der Waals surface area contributed by atoms with Crippen LogP contribution in [0.5, 0.6) is 0 Å². The average molecular weight is 279 g/mol. The minimum atomic E-state index is 0.458. The van der Waals surface area contributed by atoms with Gasteiger partial charge in [0.1, 0.15) is 0 Å². The molecule has 0 amide bonds. The lowest BCUT2D eigenvalue weighted by atomic mass is 10.1. The van der Waals surface area contributed by atoms with Crippen LogP contribution in [0.3, 0.4) is 0 Å². The van der Waals surface area contributed by atoms with Crippen molar-refractivity contribution in [3.05, 3.63) is 54.2 Å². The van der Waals surface area contributed by atoms with Gasteiger partial charge >= 0.3 is 0 Å². The summed E-state index contributed by atoms with van der Waals surface area (Å²) in [6.07, 6.45) is 0.984. The molecule has 20 heavy (non-hydrogen) atoms. The molecule has 2 heterocycles. The number of fused-ring (bicyclic) bond motifs is 5. The van der Waals surface area contributed by atoms with E-state index in [4.69, 9.17) is 0 Å². The fraction of sp³-hybridized carbons (Fsp3) is 0.222. The minimum absolute atomic E-state index is 0.458. The van der Waals surface area contributed by atoms with Crippen molar-refractivity contribution in [1.29, 1.82) is 0 Å². The smallest absolute Gasteiger partial charge is 0.0628 e. The predicted octanol–water partition coefficient (Wildman–Crippen LogP) is 5.34. The Morgan fingerprint density at radius 1 is 1.10 bits per heavy atom. The van der Waals surface area contributed by atoms with Crippen LogP contribution in [0.1, 0.15) is 19.4 Å². The summed E-state index contributed by atoms with van der Waals surface area (Å²) in [7, 11) is 0. The van der Waals surface area contributed by atoms with Gasteiger partial charge in [-0.25, -0.2) is 0 Å². The van der Waals surface area contributed by atoms with Crippen LogP contribution < -0.4 is 4.90 Å². The summed E-state index contributed by atoms with van der Waals surface area (Å²) in [6.45, 7) is 8.75. The summed E-state index contributed by atoms with van der Waals surface area (Å²) in [5.74, 6) is 0. The van der Waals surface area contributed by atoms with Crippen LogP contribution >= 0.6 is 11.3 Å². The summed E-state index contributed by atoms with van der Waals surface area (Å²) in [4.78, 5) is 2.41. The van der Waals surface area contributed by atoms with Crippen LogP contribution in [0.2, 0.25) is 0 Å². The van der Waals surface area contributed by atoms with Crippen molar-refractivity contribution in [2.45, 2.75) is 26.3 Å². The van der Waals surface area contributed by atoms with Crippen molar-refractivity contribution in [2.75, 3.05) is 4.90 Å². The number of rotatable bonds is 1. The van der Waals surface area contributed by atoms with Gasteiger partial charge in [-0.1, -0.05) is 36.9 Å². The molecule has 1 nitrogen and oxygen atoms in total. The maximum absolute atomic E-state index is 4.26. The maximum Gasteiger partial charge on any atom is 0.0628 e. The van der Waals surface area contributed by atoms with E-state index in [1.807, 2.05) is 11.3 Å². The van der Waals surface area contributed by atoms with Gasteiger partial charge in [0, 0.05) is 33.6 Å². The van der Waals surface area contributed by atoms with E-state index in [2.05, 4.69) is 61.7 Å². The third kappa shape index (κ3) is 1.49. The first-order chi connectivity index (χ1) is 9.66. The van der Waals surface area contributed by atoms with Gasteiger partial charge in [0.15, 0.2) is 0 Å². The zero-order chi connectivity index (χ0) is 13.9. The number of hydrogen-bond donors (Lipinski definition) is 0. The number of thiophene rings is 1. The highest BCUT2D eigenvalue weighted by molar-refractivity contribution is 7.26. The number of anilines is 1. The van der Waals surface area contributed by atoms with Crippen molar-refractivity contribution in [3.63, 3.8) is 0 Å². The monoisotopic (exact) mass is 279 g/mol. The third-order valence-corrected chi connectivity index (χ3v) is 5.29. The Morgan fingerprint density at radius 3 is 2.70 bits per heavy atom. The second kappa shape index (κ2) is 4.10. The van der Waals surface area contributed by atoms with Crippen molar-refractivity contribution in [3.8, 4) is 0 Å². The zero-order valence-electron chi connectivity index (χ0n) is 11.8. The molecular formula is C18H17NS. The molecule has 0 radical (unpaired) electrons. The molecule has 0 bridgehead atoms. The van der Waals surface area contributed by atoms with E-state index in [0.29, 0.717) is 6.04 Å². The van der Waals surface area contributed by atoms with E-state index in [9.17, 15) is 0 Å². The minimum Gasteiger partial charge on any atom is -0.341 e. The van der Waals surface area contributed by atoms with Gasteiger partial charge in [-0.05, 0) is 25.5 Å². The van der Waals surface area contributed by atoms with Gasteiger partial charge in [0.25, 0.3) is 0 Å². The molecule has 3 aromatic rings. The van der Waals surface area contributed by atoms with E-state index in [0.717, 1.165) is 6.42 Å². The Hall–Kier alpha value is -1.80. The number of benzene rings is 2. The van der Waals surface area contributed by atoms with Crippen LogP contribution in [0, 0.1) is 0 Å². The Bertz CT molecular complexity index is 841. The fourth-order valence-corrected chi connectivity index (χ4v) is 4.58. The molecule has 0 N–H and O–H groups in total. The summed E-state index contributed by atoms with van der Waals surface area (Å²) >= 11 is 1.91. The van der Waals surface area contributed by atoms with Crippen molar-refractivity contribution in [2.24, 2.45) is 0 Å². The van der Waals surface area contributed by atoms with Crippen molar-refractivity contribution < 1.29 is 0 Å². The Balaban J connectivity index is 2.12. The van der Waals surface area contributed by atoms with Gasteiger partial charge in [-0.2, -0.15) is 0 Å². The number of allylic oxidation sites excluding steroid dienone is 1. The lowest BCUT2D eigenvalue weighted by molar-refractivity contribution is 0.766. The van der Waals surface area contributed by atoms with Crippen LogP contribution in [-0.2, 0) is 6.42 Å². The van der Waals surface area contributed by atoms with E-state index in [1.54, 1.807) is 0 Å². The molecule has 0 fully saturated rings. The molecule has 0 atom stereocenters. The lowest BCUT2D eigenvalue weighted by Gasteiger charge is -2.25. The third-order valence-electron chi connectivity index (χ3n) is 4.10. The molecule has 0 aliphatic carbocycles. The number of nitrogens with zero attached hydrogens (tertiary/aromatic N) is 1. The second-order valence-electron chi connectivity index (χ2n) is 5.75. The zero-order valence-corrected chi connectivity index (χ0v) is 12.6. The van der Waals surface area contributed by atoms with Gasteiger partial charge in [-0.3, -0.25) is 0 Å². The highest BCUT2D eigenvalue weighted by Gasteiger charge is 2.27. The first-order valence-corrected chi connectivity index (χ1v) is 7.88. The molecule has 1 aliphatic heterocycles. The summed E-state index contributed by atoms with van der Waals surface area (Å²) in [5.41, 5.74) is 4.03. The maximum atomic E-state index is 4.26. The van der Waals surface area contributed by atoms with Gasteiger partial charge in [0.05, 0.1) is 10.4 Å². The average Bonchev–Trinajstić information content (AvgIpc) is 2.94. The lowest BCUT2D eigenvalue weighted by Crippen LogP contribution is -2.26. The molecule has 0 spiro atoms. The highest BCUT2D eigenvalue weighted by Crippen LogP contribution is 2.46. The molecule has 0 unspecified atom stereocenters. The second-order valence-corrected chi connectivity index (χ2v) is 6.81. The Kier molecular flexibility index (Phi) is 2.45. The molecule has 100 valence electrons. The molecule has 1 aliphatic rings. The quantitative estimate of drug-likeness (QED) is 0.581. The predicted molar refractivity (Wildman–Crippen MR) is 89.8 cm³/mol. The van der Waals surface area contributed by atoms with Gasteiger partial charge in [0.2, 0.25) is 0 Å². The standard InChI is InChI=1S/C18H17NS/c1-11(2)19-12(3)10-13-8-9-15-14-6-4-5-7-16(14)20-18(15)17(13)19/h4-9,11H,3,10H2,1-2H3. The van der Waals surface area contributed by atoms with E-state index < -0.39 is 0 Å². The van der Waals surface area contributed by atoms with Gasteiger partial charge < -0.3 is 4.90 Å². The SMILES string of the molecule is C=C1Cc2ccc3c(sc4ccccc43)c2N1C(C)C. The molecule has 4 rings (SSSR count). The summed E-state index contributed by atoms with van der Waals surface area (Å²) in [6, 6.07) is 13.7. The first-order valence-electron chi connectivity index (χ1n) is 7.07. The first kappa shape index (κ1) is 12.0. The molecule has 0 saturated carbocycles. The largest absolute Gasteiger partial charge is 0.341 e. The Morgan fingerprint density at radius 2 is 1.90 bits per heavy atom. The van der Waals surface area contributed by atoms with Crippen LogP contribution in [0.25, 0.3) is 20.2 Å². The fourth-order valence-electron chi connectivity index (χ4n) is 3.31. The van der Waals surface area contributed by atoms with E-state index in [-0.39, 0.29) is 0 Å². The van der Waals surface area contributed by atoms with Gasteiger partial charge in [-0.15, -0.1) is 11.3 Å². The highest BCUT2D eigenvalue weighted by atomic mass is 32.1. The van der Waals surface area contributed by atoms with Crippen LogP contribution in [0.15, 0.2) is 48.7 Å². The van der Waals surface area contributed by atoms with Crippen molar-refractivity contribution in [1.82, 2.24) is 0 Å². The topological polar surface area (TPSA) is 3.24 Å².